The summed E-state index contributed by atoms with van der Waals surface area (Å²) in [6.07, 6.45) is 0. The second-order valence-electron chi connectivity index (χ2n) is 10.0. The molecule has 0 bridgehead atoms. The van der Waals surface area contributed by atoms with Gasteiger partial charge < -0.3 is 4.74 Å². The van der Waals surface area contributed by atoms with E-state index in [4.69, 9.17) is 14.7 Å². The van der Waals surface area contributed by atoms with Crippen molar-refractivity contribution in [3.63, 3.8) is 0 Å². The molecule has 1 heterocycles. The molecule has 1 aliphatic rings. The Labute approximate surface area is 228 Å². The summed E-state index contributed by atoms with van der Waals surface area (Å²) < 4.78 is 6.04. The van der Waals surface area contributed by atoms with Gasteiger partial charge >= 0.3 is 39.3 Å². The van der Waals surface area contributed by atoms with Crippen LogP contribution in [0, 0.1) is 15.5 Å². The molecular formula is C26H33Br2N3NiO3. The molecule has 2 aromatic rings. The zero-order valence-electron chi connectivity index (χ0n) is 21.1. The van der Waals surface area contributed by atoms with Crippen LogP contribution in [0.3, 0.4) is 0 Å². The first-order valence-electron chi connectivity index (χ1n) is 11.4. The van der Waals surface area contributed by atoms with Crippen LogP contribution < -0.4 is 0 Å². The minimum atomic E-state index is -0.398. The summed E-state index contributed by atoms with van der Waals surface area (Å²) >= 11 is 6.00. The summed E-state index contributed by atoms with van der Waals surface area (Å²) in [5, 5.41) is 11.1. The van der Waals surface area contributed by atoms with E-state index in [1.54, 1.807) is 12.1 Å². The van der Waals surface area contributed by atoms with Crippen LogP contribution in [0.5, 0.6) is 0 Å². The van der Waals surface area contributed by atoms with Crippen molar-refractivity contribution >= 4 is 51.4 Å². The van der Waals surface area contributed by atoms with Crippen molar-refractivity contribution in [2.75, 3.05) is 6.61 Å². The Morgan fingerprint density at radius 2 is 1.60 bits per heavy atom. The number of ether oxygens (including phenoxy) is 1. The SMILES string of the molecule is CC(C)c1cccc(C(C)C)c1N=C(C1=N[C@@H](C(C)(C)C)CO1)c1ccc([N+](=O)[O-])cc1.[Br][Ni][Br]. The van der Waals surface area contributed by atoms with E-state index in [2.05, 4.69) is 95.1 Å². The van der Waals surface area contributed by atoms with Gasteiger partial charge in [0.05, 0.1) is 16.7 Å². The molecule has 194 valence electrons. The van der Waals surface area contributed by atoms with Crippen molar-refractivity contribution in [3.05, 3.63) is 69.3 Å². The predicted molar refractivity (Wildman–Crippen MR) is 148 cm³/mol. The molecule has 1 aliphatic heterocycles. The Morgan fingerprint density at radius 1 is 1.09 bits per heavy atom. The topological polar surface area (TPSA) is 77.1 Å². The second kappa shape index (κ2) is 13.1. The van der Waals surface area contributed by atoms with Crippen LogP contribution >= 0.6 is 28.5 Å². The van der Waals surface area contributed by atoms with Gasteiger partial charge in [-0.15, -0.1) is 0 Å². The maximum absolute atomic E-state index is 11.1. The van der Waals surface area contributed by atoms with Gasteiger partial charge in [0.25, 0.3) is 5.69 Å². The maximum atomic E-state index is 11.1. The Bertz CT molecular complexity index is 1050. The standard InChI is InChI=1S/C26H33N3O3.2BrH.Ni/c1-16(2)20-9-8-10-21(17(3)4)24(20)28-23(18-11-13-19(14-12-18)29(30)31)25-27-22(15-32-25)26(5,6)7;;;/h8-14,16-17,22H,15H2,1-7H3;2*1H;/q;;;+2/p-2/t22-;;;/m1.../s1. The van der Waals surface area contributed by atoms with E-state index in [9.17, 15) is 10.1 Å². The number of aliphatic imine (C=N–C) groups is 2. The molecular weight excluding hydrogens is 621 g/mol. The Morgan fingerprint density at radius 3 is 2.00 bits per heavy atom. The average Bonchev–Trinajstić information content (AvgIpc) is 3.28. The third kappa shape index (κ3) is 7.96. The number of hydrogen-bond donors (Lipinski definition) is 0. The molecule has 0 aromatic heterocycles. The second-order valence-corrected chi connectivity index (χ2v) is 15.0. The van der Waals surface area contributed by atoms with E-state index in [0.29, 0.717) is 30.1 Å². The number of para-hydroxylation sites is 1. The molecule has 6 nitrogen and oxygen atoms in total. The minimum absolute atomic E-state index is 0.0191. The van der Waals surface area contributed by atoms with E-state index in [1.165, 1.54) is 23.0 Å². The van der Waals surface area contributed by atoms with Crippen LogP contribution in [0.2, 0.25) is 0 Å². The van der Waals surface area contributed by atoms with Crippen molar-refractivity contribution in [3.8, 4) is 0 Å². The normalized spacial score (nSPS) is 16.1. The van der Waals surface area contributed by atoms with Crippen LogP contribution in [-0.2, 0) is 15.6 Å². The number of nitrogens with zero attached hydrogens (tertiary/aromatic N) is 3. The molecule has 0 unspecified atom stereocenters. The molecule has 0 aliphatic carbocycles. The number of halogens is 2. The molecule has 0 spiro atoms. The molecule has 9 heteroatoms. The monoisotopic (exact) mass is 651 g/mol. The molecule has 0 saturated carbocycles. The number of benzene rings is 2. The molecule has 2 aromatic carbocycles. The van der Waals surface area contributed by atoms with Gasteiger partial charge in [-0.05, 0) is 40.5 Å². The van der Waals surface area contributed by atoms with E-state index in [1.807, 2.05) is 0 Å². The zero-order valence-corrected chi connectivity index (χ0v) is 25.3. The Kier molecular flexibility index (Phi) is 11.1. The van der Waals surface area contributed by atoms with E-state index in [0.717, 1.165) is 22.4 Å². The van der Waals surface area contributed by atoms with E-state index >= 15 is 0 Å². The number of rotatable bonds is 6. The molecule has 1 atom stereocenters. The van der Waals surface area contributed by atoms with Crippen molar-refractivity contribution in [2.45, 2.75) is 66.3 Å². The summed E-state index contributed by atoms with van der Waals surface area (Å²) in [4.78, 5) is 20.8. The fraction of sp³-hybridized carbons (Fsp3) is 0.462. The number of non-ortho nitro benzene ring substituents is 1. The molecule has 35 heavy (non-hydrogen) atoms. The Balaban J connectivity index is 0.00000137. The Hall–Kier alpha value is -1.57. The van der Waals surface area contributed by atoms with Crippen LogP contribution in [0.25, 0.3) is 0 Å². The first kappa shape index (κ1) is 29.7. The van der Waals surface area contributed by atoms with Crippen molar-refractivity contribution in [2.24, 2.45) is 15.4 Å². The fourth-order valence-corrected chi connectivity index (χ4v) is 3.68. The first-order valence-corrected chi connectivity index (χ1v) is 16.3. The van der Waals surface area contributed by atoms with Gasteiger partial charge in [0, 0.05) is 17.7 Å². The summed E-state index contributed by atoms with van der Waals surface area (Å²) in [5.74, 6) is 1.07. The molecule has 0 radical (unpaired) electrons. The third-order valence-corrected chi connectivity index (χ3v) is 5.77. The van der Waals surface area contributed by atoms with Gasteiger partial charge in [-0.3, -0.25) is 10.1 Å². The summed E-state index contributed by atoms with van der Waals surface area (Å²) in [6, 6.07) is 12.8. The van der Waals surface area contributed by atoms with Crippen LogP contribution in [0.1, 0.15) is 77.0 Å². The average molecular weight is 654 g/mol. The summed E-state index contributed by atoms with van der Waals surface area (Å²) in [6.45, 7) is 15.5. The zero-order chi connectivity index (χ0) is 26.3. The van der Waals surface area contributed by atoms with Crippen molar-refractivity contribution in [1.29, 1.82) is 0 Å². The molecule has 0 amide bonds. The van der Waals surface area contributed by atoms with Crippen LogP contribution in [-0.4, -0.2) is 29.2 Å². The quantitative estimate of drug-likeness (QED) is 0.136. The van der Waals surface area contributed by atoms with Crippen LogP contribution in [0.15, 0.2) is 52.4 Å². The van der Waals surface area contributed by atoms with E-state index < -0.39 is 4.92 Å². The van der Waals surface area contributed by atoms with Gasteiger partial charge in [-0.1, -0.05) is 66.7 Å². The molecule has 3 rings (SSSR count). The van der Waals surface area contributed by atoms with Crippen molar-refractivity contribution in [1.82, 2.24) is 0 Å². The molecule has 0 saturated heterocycles. The number of nitro groups is 1. The van der Waals surface area contributed by atoms with Crippen molar-refractivity contribution < 1.29 is 20.6 Å². The van der Waals surface area contributed by atoms with Gasteiger partial charge in [-0.25, -0.2) is 9.98 Å². The molecule has 0 N–H and O–H groups in total. The van der Waals surface area contributed by atoms with Gasteiger partial charge in [0.15, 0.2) is 0 Å². The number of hydrogen-bond acceptors (Lipinski definition) is 5. The molecule has 0 fully saturated rings. The van der Waals surface area contributed by atoms with E-state index in [-0.39, 0.29) is 17.1 Å². The fourth-order valence-electron chi connectivity index (χ4n) is 3.68. The first-order chi connectivity index (χ1) is 16.4. The van der Waals surface area contributed by atoms with Gasteiger partial charge in [-0.2, -0.15) is 0 Å². The summed E-state index contributed by atoms with van der Waals surface area (Å²) in [5.41, 5.74) is 4.60. The van der Waals surface area contributed by atoms with Gasteiger partial charge in [0.2, 0.25) is 5.90 Å². The van der Waals surface area contributed by atoms with Gasteiger partial charge in [0.1, 0.15) is 12.3 Å². The number of nitro benzene ring substituents is 1. The predicted octanol–water partition coefficient (Wildman–Crippen LogP) is 8.49. The van der Waals surface area contributed by atoms with Crippen LogP contribution in [0.4, 0.5) is 11.4 Å². The summed E-state index contributed by atoms with van der Waals surface area (Å²) in [7, 11) is 1.25. The third-order valence-electron chi connectivity index (χ3n) is 5.77.